The standard InChI is InChI=1S/C22H27BIN2O2/c1-14(2)21-22(28)25-18(13-27)11-16-9-10-17(12-19(16)26(21)3)20(24-23)15-7-5-4-6-8-15/h4-10,12,14,18,20-21,27H,11,13H2,1-3H3,(H,25,28)/q-1/t18-,20?,21-/m1/s1. The van der Waals surface area contributed by atoms with E-state index < -0.39 is 21.0 Å². The SMILES string of the molecule is [B][I-]C(c1ccccc1)c1ccc2c(c1)N(C)[C@H](C(C)C)C(=O)N[C@@H](CO)C2. The quantitative estimate of drug-likeness (QED) is 0.337. The second kappa shape index (κ2) is 9.31. The molecule has 4 nitrogen and oxygen atoms in total. The Kier molecular flexibility index (Phi) is 7.04. The molecule has 6 heteroatoms. The average Bonchev–Trinajstić information content (AvgIpc) is 2.68. The van der Waals surface area contributed by atoms with Crippen LogP contribution in [0.15, 0.2) is 48.5 Å². The minimum atomic E-state index is -0.540. The number of anilines is 1. The topological polar surface area (TPSA) is 52.6 Å². The third-order valence-electron chi connectivity index (χ3n) is 5.35. The van der Waals surface area contributed by atoms with Gasteiger partial charge >= 0.3 is 179 Å². The Morgan fingerprint density at radius 2 is 1.93 bits per heavy atom. The van der Waals surface area contributed by atoms with Gasteiger partial charge in [0, 0.05) is 0 Å². The first kappa shape index (κ1) is 21.2. The molecule has 1 heterocycles. The van der Waals surface area contributed by atoms with Gasteiger partial charge in [0.2, 0.25) is 0 Å². The van der Waals surface area contributed by atoms with E-state index in [2.05, 4.69) is 54.4 Å². The van der Waals surface area contributed by atoms with Gasteiger partial charge in [-0.15, -0.1) is 0 Å². The van der Waals surface area contributed by atoms with E-state index >= 15 is 0 Å². The molecular formula is C22H27BIN2O2-. The number of alkyl halides is 1. The van der Waals surface area contributed by atoms with Crippen molar-refractivity contribution in [3.8, 4) is 0 Å². The van der Waals surface area contributed by atoms with Crippen molar-refractivity contribution in [2.24, 2.45) is 5.92 Å². The van der Waals surface area contributed by atoms with Gasteiger partial charge in [0.15, 0.2) is 0 Å². The number of nitrogens with one attached hydrogen (secondary N) is 1. The minimum absolute atomic E-state index is 0.0292. The zero-order valence-corrected chi connectivity index (χ0v) is 18.8. The fourth-order valence-electron chi connectivity index (χ4n) is 3.99. The van der Waals surface area contributed by atoms with Crippen LogP contribution in [0.25, 0.3) is 0 Å². The molecule has 2 aromatic rings. The van der Waals surface area contributed by atoms with Crippen molar-refractivity contribution in [1.29, 1.82) is 0 Å². The first-order chi connectivity index (χ1) is 13.5. The molecule has 148 valence electrons. The number of nitrogens with zero attached hydrogens (tertiary/aromatic N) is 1. The van der Waals surface area contributed by atoms with Crippen LogP contribution >= 0.6 is 0 Å². The third-order valence-corrected chi connectivity index (χ3v) is 7.51. The van der Waals surface area contributed by atoms with Crippen molar-refractivity contribution >= 4 is 17.3 Å². The van der Waals surface area contributed by atoms with Crippen molar-refractivity contribution in [2.45, 2.75) is 36.3 Å². The van der Waals surface area contributed by atoms with Gasteiger partial charge in [-0.1, -0.05) is 0 Å². The molecule has 0 aromatic heterocycles. The summed E-state index contributed by atoms with van der Waals surface area (Å²) < 4.78 is 0.212. The van der Waals surface area contributed by atoms with Crippen LogP contribution in [0.1, 0.15) is 34.5 Å². The number of aliphatic hydroxyl groups excluding tert-OH is 1. The van der Waals surface area contributed by atoms with E-state index in [1.54, 1.807) is 0 Å². The van der Waals surface area contributed by atoms with Crippen molar-refractivity contribution in [3.05, 3.63) is 65.2 Å². The van der Waals surface area contributed by atoms with Crippen molar-refractivity contribution in [2.75, 3.05) is 18.6 Å². The van der Waals surface area contributed by atoms with Gasteiger partial charge in [-0.3, -0.25) is 0 Å². The molecule has 2 aromatic carbocycles. The summed E-state index contributed by atoms with van der Waals surface area (Å²) in [5.74, 6) is 0.115. The Hall–Kier alpha value is -1.54. The van der Waals surface area contributed by atoms with Gasteiger partial charge in [-0.2, -0.15) is 0 Å². The number of likely N-dealkylation sites (N-methyl/N-ethyl adjacent to an activating group) is 1. The van der Waals surface area contributed by atoms with Crippen LogP contribution in [0.2, 0.25) is 0 Å². The number of hydrogen-bond donors (Lipinski definition) is 2. The van der Waals surface area contributed by atoms with E-state index in [1.807, 2.05) is 25.2 Å². The van der Waals surface area contributed by atoms with E-state index in [4.69, 9.17) is 5.70 Å². The van der Waals surface area contributed by atoms with E-state index in [0.717, 1.165) is 11.3 Å². The van der Waals surface area contributed by atoms with Crippen LogP contribution in [-0.4, -0.2) is 42.5 Å². The molecule has 3 atom stereocenters. The number of benzene rings is 2. The first-order valence-corrected chi connectivity index (χ1v) is 12.1. The predicted octanol–water partition coefficient (Wildman–Crippen LogP) is -0.557. The summed E-state index contributed by atoms with van der Waals surface area (Å²) in [6, 6.07) is 16.3. The molecule has 1 amide bonds. The normalized spacial score (nSPS) is 21.0. The van der Waals surface area contributed by atoms with Gasteiger partial charge < -0.3 is 0 Å². The van der Waals surface area contributed by atoms with Gasteiger partial charge in [0.25, 0.3) is 0 Å². The number of carbonyl (C=O) groups is 1. The summed E-state index contributed by atoms with van der Waals surface area (Å²) in [5.41, 5.74) is 10.9. The van der Waals surface area contributed by atoms with Gasteiger partial charge in [-0.05, 0) is 0 Å². The van der Waals surface area contributed by atoms with Crippen LogP contribution in [0.4, 0.5) is 5.69 Å². The molecule has 3 rings (SSSR count). The Bertz CT molecular complexity index is 815. The van der Waals surface area contributed by atoms with Crippen LogP contribution in [0.5, 0.6) is 0 Å². The van der Waals surface area contributed by atoms with Gasteiger partial charge in [-0.25, -0.2) is 0 Å². The number of carbonyl (C=O) groups excluding carboxylic acids is 1. The van der Waals surface area contributed by atoms with Gasteiger partial charge in [0.05, 0.1) is 0 Å². The fourth-order valence-corrected chi connectivity index (χ4v) is 5.62. The number of aliphatic hydroxyl groups is 1. The monoisotopic (exact) mass is 489 g/mol. The van der Waals surface area contributed by atoms with Crippen LogP contribution in [0, 0.1) is 5.92 Å². The Morgan fingerprint density at radius 1 is 1.21 bits per heavy atom. The molecule has 0 spiro atoms. The number of hydrogen-bond acceptors (Lipinski definition) is 3. The Morgan fingerprint density at radius 3 is 2.54 bits per heavy atom. The van der Waals surface area contributed by atoms with E-state index in [-0.39, 0.29) is 34.4 Å². The molecule has 2 N–H and O–H groups in total. The molecule has 2 radical (unpaired) electrons. The van der Waals surface area contributed by atoms with E-state index in [0.29, 0.717) is 6.42 Å². The van der Waals surface area contributed by atoms with Crippen molar-refractivity contribution < 1.29 is 30.9 Å². The molecule has 0 fully saturated rings. The summed E-state index contributed by atoms with van der Waals surface area (Å²) in [4.78, 5) is 14.9. The molecule has 1 unspecified atom stereocenters. The third kappa shape index (κ3) is 4.38. The second-order valence-electron chi connectivity index (χ2n) is 7.68. The van der Waals surface area contributed by atoms with Crippen LogP contribution in [-0.2, 0) is 11.2 Å². The first-order valence-electron chi connectivity index (χ1n) is 9.60. The maximum atomic E-state index is 12.8. The summed E-state index contributed by atoms with van der Waals surface area (Å²) in [6.45, 7) is 4.04. The number of amides is 1. The van der Waals surface area contributed by atoms with Crippen molar-refractivity contribution in [3.63, 3.8) is 0 Å². The molecular weight excluding hydrogens is 462 g/mol. The number of rotatable bonds is 5. The molecule has 0 saturated heterocycles. The summed E-state index contributed by atoms with van der Waals surface area (Å²) in [6.07, 6.45) is 0.612. The van der Waals surface area contributed by atoms with E-state index in [1.165, 1.54) is 11.1 Å². The zero-order chi connectivity index (χ0) is 20.3. The molecule has 28 heavy (non-hydrogen) atoms. The van der Waals surface area contributed by atoms with Crippen LogP contribution < -0.4 is 31.2 Å². The van der Waals surface area contributed by atoms with Crippen LogP contribution in [0.3, 0.4) is 0 Å². The molecule has 0 bridgehead atoms. The van der Waals surface area contributed by atoms with Crippen molar-refractivity contribution in [1.82, 2.24) is 5.32 Å². The average molecular weight is 489 g/mol. The van der Waals surface area contributed by atoms with Gasteiger partial charge in [0.1, 0.15) is 0 Å². The Labute approximate surface area is 179 Å². The Balaban J connectivity index is 2.07. The molecule has 0 saturated carbocycles. The maximum absolute atomic E-state index is 12.8. The molecule has 1 aliphatic heterocycles. The number of fused-ring (bicyclic) bond motifs is 1. The summed E-state index contributed by atoms with van der Waals surface area (Å²) in [7, 11) is 1.99. The van der Waals surface area contributed by atoms with E-state index in [9.17, 15) is 9.90 Å². The zero-order valence-electron chi connectivity index (χ0n) is 16.6. The number of halogens is 1. The summed E-state index contributed by atoms with van der Waals surface area (Å²) in [5, 5.41) is 12.7. The fraction of sp³-hybridized carbons (Fsp3) is 0.409. The predicted molar refractivity (Wildman–Crippen MR) is 110 cm³/mol. The summed E-state index contributed by atoms with van der Waals surface area (Å²) >= 11 is -0.540. The second-order valence-corrected chi connectivity index (χ2v) is 9.64. The molecule has 0 aliphatic carbocycles. The molecule has 1 aliphatic rings.